The van der Waals surface area contributed by atoms with E-state index in [1.807, 2.05) is 24.3 Å². The molecule has 0 fully saturated rings. The van der Waals surface area contributed by atoms with Gasteiger partial charge in [0.25, 0.3) is 0 Å². The van der Waals surface area contributed by atoms with Crippen molar-refractivity contribution in [3.05, 3.63) is 36.2 Å². The number of ether oxygens (including phenoxy) is 1. The summed E-state index contributed by atoms with van der Waals surface area (Å²) in [6.45, 7) is 0. The first kappa shape index (κ1) is 9.45. The predicted molar refractivity (Wildman–Crippen MR) is 59.3 cm³/mol. The number of aromatic nitrogens is 1. The summed E-state index contributed by atoms with van der Waals surface area (Å²) in [6, 6.07) is 7.45. The van der Waals surface area contributed by atoms with E-state index in [0.29, 0.717) is 5.69 Å². The van der Waals surface area contributed by atoms with Crippen LogP contribution in [-0.2, 0) is 0 Å². The van der Waals surface area contributed by atoms with Crippen molar-refractivity contribution in [1.82, 2.24) is 4.98 Å². The Balaban J connectivity index is 2.72. The number of nitrogen functional groups attached to an aromatic ring is 1. The lowest BCUT2D eigenvalue weighted by Gasteiger charge is -2.05. The number of benzene rings is 1. The van der Waals surface area contributed by atoms with Gasteiger partial charge in [0.15, 0.2) is 0 Å². The molecule has 0 aliphatic carbocycles. The number of pyridine rings is 1. The summed E-state index contributed by atoms with van der Waals surface area (Å²) < 4.78 is 5.12. The summed E-state index contributed by atoms with van der Waals surface area (Å²) in [5, 5.41) is 9.23. The van der Waals surface area contributed by atoms with Crippen molar-refractivity contribution < 1.29 is 4.74 Å². The fraction of sp³-hybridized carbons (Fsp3) is 0.0909. The first-order chi connectivity index (χ1) is 7.22. The first-order valence-electron chi connectivity index (χ1n) is 4.49. The summed E-state index contributed by atoms with van der Waals surface area (Å²) in [4.78, 5) is 4.07. The molecule has 4 heteroatoms. The van der Waals surface area contributed by atoms with E-state index in [9.17, 15) is 0 Å². The van der Waals surface area contributed by atoms with Crippen molar-refractivity contribution in [2.45, 2.75) is 0 Å². The highest BCUT2D eigenvalue weighted by molar-refractivity contribution is 6.05. The molecule has 76 valence electrons. The molecule has 0 saturated heterocycles. The Labute approximate surface area is 87.2 Å². The molecule has 3 N–H and O–H groups in total. The number of nitrogens with zero attached hydrogens (tertiary/aromatic N) is 1. The van der Waals surface area contributed by atoms with Gasteiger partial charge in [-0.2, -0.15) is 0 Å². The van der Waals surface area contributed by atoms with E-state index in [2.05, 4.69) is 4.98 Å². The highest BCUT2D eigenvalue weighted by Crippen LogP contribution is 2.21. The Morgan fingerprint density at radius 3 is 2.87 bits per heavy atom. The quantitative estimate of drug-likeness (QED) is 0.571. The Kier molecular flexibility index (Phi) is 2.25. The van der Waals surface area contributed by atoms with E-state index >= 15 is 0 Å². The van der Waals surface area contributed by atoms with Crippen LogP contribution >= 0.6 is 0 Å². The summed E-state index contributed by atoms with van der Waals surface area (Å²) in [5.74, 6) is 0.758. The third-order valence-corrected chi connectivity index (χ3v) is 2.23. The molecule has 1 aromatic heterocycles. The van der Waals surface area contributed by atoms with Gasteiger partial charge >= 0.3 is 0 Å². The van der Waals surface area contributed by atoms with Gasteiger partial charge in [0.1, 0.15) is 17.3 Å². The lowest BCUT2D eigenvalue weighted by molar-refractivity contribution is 0.415. The molecule has 4 nitrogen and oxygen atoms in total. The lowest BCUT2D eigenvalue weighted by atomic mass is 10.1. The molecule has 0 saturated carbocycles. The van der Waals surface area contributed by atoms with Crippen LogP contribution < -0.4 is 10.5 Å². The summed E-state index contributed by atoms with van der Waals surface area (Å²) >= 11 is 0. The second kappa shape index (κ2) is 3.57. The maximum Gasteiger partial charge on any atom is 0.142 e. The van der Waals surface area contributed by atoms with Crippen molar-refractivity contribution in [2.75, 3.05) is 7.11 Å². The standard InChI is InChI=1S/C11H11N3O/c1-15-8-2-3-9-7(6-8)4-5-14-10(9)11(12)13/h2-6H,1H3,(H3,12,13). The first-order valence-corrected chi connectivity index (χ1v) is 4.49. The largest absolute Gasteiger partial charge is 0.497 e. The van der Waals surface area contributed by atoms with E-state index < -0.39 is 0 Å². The second-order valence-electron chi connectivity index (χ2n) is 3.16. The van der Waals surface area contributed by atoms with Crippen LogP contribution in [0.5, 0.6) is 5.75 Å². The molecule has 0 radical (unpaired) electrons. The Bertz CT molecular complexity index is 522. The van der Waals surface area contributed by atoms with Gasteiger partial charge in [-0.3, -0.25) is 10.4 Å². The van der Waals surface area contributed by atoms with Crippen LogP contribution in [0.1, 0.15) is 5.69 Å². The number of rotatable bonds is 2. The lowest BCUT2D eigenvalue weighted by Crippen LogP contribution is -2.13. The van der Waals surface area contributed by atoms with Crippen LogP contribution in [0, 0.1) is 5.41 Å². The minimum atomic E-state index is -0.0224. The SMILES string of the molecule is COc1ccc2c(C(=N)N)nccc2c1. The van der Waals surface area contributed by atoms with E-state index in [4.69, 9.17) is 15.9 Å². The minimum absolute atomic E-state index is 0.0224. The normalized spacial score (nSPS) is 10.2. The van der Waals surface area contributed by atoms with Gasteiger partial charge in [-0.15, -0.1) is 0 Å². The van der Waals surface area contributed by atoms with Gasteiger partial charge in [-0.05, 0) is 29.7 Å². The van der Waals surface area contributed by atoms with Gasteiger partial charge in [0, 0.05) is 11.6 Å². The average molecular weight is 201 g/mol. The van der Waals surface area contributed by atoms with Gasteiger partial charge in [-0.1, -0.05) is 0 Å². The molecule has 0 aliphatic rings. The smallest absolute Gasteiger partial charge is 0.142 e. The van der Waals surface area contributed by atoms with Gasteiger partial charge in [0.2, 0.25) is 0 Å². The number of methoxy groups -OCH3 is 1. The fourth-order valence-corrected chi connectivity index (χ4v) is 1.50. The van der Waals surface area contributed by atoms with Crippen molar-refractivity contribution in [2.24, 2.45) is 5.73 Å². The number of hydrogen-bond donors (Lipinski definition) is 2. The van der Waals surface area contributed by atoms with Crippen molar-refractivity contribution in [3.8, 4) is 5.75 Å². The highest BCUT2D eigenvalue weighted by atomic mass is 16.5. The van der Waals surface area contributed by atoms with Crippen molar-refractivity contribution >= 4 is 16.6 Å². The third kappa shape index (κ3) is 1.61. The molecule has 2 rings (SSSR count). The highest BCUT2D eigenvalue weighted by Gasteiger charge is 2.05. The molecule has 0 bridgehead atoms. The number of fused-ring (bicyclic) bond motifs is 1. The Hall–Kier alpha value is -2.10. The Morgan fingerprint density at radius 2 is 2.20 bits per heavy atom. The molecule has 0 spiro atoms. The van der Waals surface area contributed by atoms with Crippen LogP contribution in [0.4, 0.5) is 0 Å². The summed E-state index contributed by atoms with van der Waals surface area (Å²) in [5.41, 5.74) is 5.95. The predicted octanol–water partition coefficient (Wildman–Crippen LogP) is 1.53. The van der Waals surface area contributed by atoms with E-state index in [0.717, 1.165) is 16.5 Å². The number of nitrogens with one attached hydrogen (secondary N) is 1. The molecule has 0 amide bonds. The zero-order valence-corrected chi connectivity index (χ0v) is 8.32. The summed E-state index contributed by atoms with van der Waals surface area (Å²) in [7, 11) is 1.62. The molecule has 1 aromatic carbocycles. The van der Waals surface area contributed by atoms with E-state index in [1.54, 1.807) is 13.3 Å². The number of nitrogens with two attached hydrogens (primary N) is 1. The molecule has 2 aromatic rings. The fourth-order valence-electron chi connectivity index (χ4n) is 1.50. The third-order valence-electron chi connectivity index (χ3n) is 2.23. The molecule has 0 aliphatic heterocycles. The van der Waals surface area contributed by atoms with E-state index in [-0.39, 0.29) is 5.84 Å². The summed E-state index contributed by atoms with van der Waals surface area (Å²) in [6.07, 6.45) is 1.64. The molecular weight excluding hydrogens is 190 g/mol. The topological polar surface area (TPSA) is 72.0 Å². The van der Waals surface area contributed by atoms with Crippen molar-refractivity contribution in [3.63, 3.8) is 0 Å². The minimum Gasteiger partial charge on any atom is -0.497 e. The Morgan fingerprint density at radius 1 is 1.40 bits per heavy atom. The van der Waals surface area contributed by atoms with Crippen molar-refractivity contribution in [1.29, 1.82) is 5.41 Å². The van der Waals surface area contributed by atoms with Crippen LogP contribution in [0.3, 0.4) is 0 Å². The van der Waals surface area contributed by atoms with Gasteiger partial charge in [0.05, 0.1) is 7.11 Å². The zero-order valence-electron chi connectivity index (χ0n) is 8.32. The molecule has 1 heterocycles. The van der Waals surface area contributed by atoms with Crippen LogP contribution in [0.2, 0.25) is 0 Å². The van der Waals surface area contributed by atoms with Crippen LogP contribution in [0.15, 0.2) is 30.5 Å². The number of amidine groups is 1. The van der Waals surface area contributed by atoms with Crippen LogP contribution in [0.25, 0.3) is 10.8 Å². The van der Waals surface area contributed by atoms with Gasteiger partial charge < -0.3 is 10.5 Å². The molecule has 0 unspecified atom stereocenters. The maximum absolute atomic E-state index is 7.40. The molecular formula is C11H11N3O. The second-order valence-corrected chi connectivity index (χ2v) is 3.16. The van der Waals surface area contributed by atoms with E-state index in [1.165, 1.54) is 0 Å². The molecule has 15 heavy (non-hydrogen) atoms. The van der Waals surface area contributed by atoms with Gasteiger partial charge in [-0.25, -0.2) is 0 Å². The zero-order chi connectivity index (χ0) is 10.8. The maximum atomic E-state index is 7.40. The molecule has 0 atom stereocenters. The number of hydrogen-bond acceptors (Lipinski definition) is 3. The average Bonchev–Trinajstić information content (AvgIpc) is 2.27. The van der Waals surface area contributed by atoms with Crippen LogP contribution in [-0.4, -0.2) is 17.9 Å². The monoisotopic (exact) mass is 201 g/mol.